The Morgan fingerprint density at radius 2 is 1.95 bits per heavy atom. The molecule has 0 bridgehead atoms. The zero-order valence-corrected chi connectivity index (χ0v) is 11.3. The van der Waals surface area contributed by atoms with Crippen LogP contribution >= 0.6 is 0 Å². The monoisotopic (exact) mass is 256 g/mol. The van der Waals surface area contributed by atoms with Gasteiger partial charge in [0, 0.05) is 12.4 Å². The molecule has 3 rings (SSSR count). The first kappa shape index (κ1) is 12.5. The fraction of sp³-hybridized carbons (Fsp3) is 0.500. The lowest BCUT2D eigenvalue weighted by atomic mass is 9.78. The Labute approximate surface area is 113 Å². The Morgan fingerprint density at radius 3 is 2.74 bits per heavy atom. The Morgan fingerprint density at radius 1 is 1.16 bits per heavy atom. The van der Waals surface area contributed by atoms with E-state index in [2.05, 4.69) is 16.9 Å². The average molecular weight is 256 g/mol. The summed E-state index contributed by atoms with van der Waals surface area (Å²) in [6.07, 6.45) is 7.81. The van der Waals surface area contributed by atoms with E-state index >= 15 is 0 Å². The van der Waals surface area contributed by atoms with E-state index in [1.54, 1.807) is 12.4 Å². The lowest BCUT2D eigenvalue weighted by Crippen LogP contribution is -2.20. The van der Waals surface area contributed by atoms with Crippen molar-refractivity contribution in [1.82, 2.24) is 9.97 Å². The van der Waals surface area contributed by atoms with Gasteiger partial charge in [-0.1, -0.05) is 25.8 Å². The highest BCUT2D eigenvalue weighted by Gasteiger charge is 2.26. The number of fused-ring (bicyclic) bond motifs is 1. The van der Waals surface area contributed by atoms with E-state index in [0.717, 1.165) is 35.4 Å². The van der Waals surface area contributed by atoms with Gasteiger partial charge in [-0.05, 0) is 42.4 Å². The highest BCUT2D eigenvalue weighted by Crippen LogP contribution is 2.37. The molecule has 0 amide bonds. The second kappa shape index (κ2) is 5.25. The van der Waals surface area contributed by atoms with Crippen molar-refractivity contribution >= 4 is 11.0 Å². The largest absolute Gasteiger partial charge is 0.388 e. The van der Waals surface area contributed by atoms with Gasteiger partial charge in [0.25, 0.3) is 0 Å². The molecule has 100 valence electrons. The standard InChI is InChI=1S/C16H20N2O/c1-11-3-2-4-12(9-11)16(19)13-5-6-14-15(10-13)18-8-7-17-14/h5-8,10-12,16,19H,2-4,9H2,1H3. The molecule has 1 aromatic carbocycles. The summed E-state index contributed by atoms with van der Waals surface area (Å²) < 4.78 is 0. The van der Waals surface area contributed by atoms with E-state index in [0.29, 0.717) is 5.92 Å². The highest BCUT2D eigenvalue weighted by atomic mass is 16.3. The summed E-state index contributed by atoms with van der Waals surface area (Å²) in [4.78, 5) is 8.57. The summed E-state index contributed by atoms with van der Waals surface area (Å²) in [6.45, 7) is 2.28. The molecule has 0 radical (unpaired) electrons. The van der Waals surface area contributed by atoms with Crippen molar-refractivity contribution in [2.75, 3.05) is 0 Å². The smallest absolute Gasteiger partial charge is 0.0890 e. The predicted octanol–water partition coefficient (Wildman–Crippen LogP) is 3.49. The topological polar surface area (TPSA) is 46.0 Å². The Kier molecular flexibility index (Phi) is 3.47. The SMILES string of the molecule is CC1CCCC(C(O)c2ccc3nccnc3c2)C1. The molecule has 1 fully saturated rings. The van der Waals surface area contributed by atoms with Gasteiger partial charge >= 0.3 is 0 Å². The van der Waals surface area contributed by atoms with Crippen LogP contribution < -0.4 is 0 Å². The van der Waals surface area contributed by atoms with E-state index in [-0.39, 0.29) is 6.10 Å². The molecule has 0 saturated heterocycles. The third-order valence-corrected chi connectivity index (χ3v) is 4.26. The minimum Gasteiger partial charge on any atom is -0.388 e. The second-order valence-electron chi connectivity index (χ2n) is 5.78. The van der Waals surface area contributed by atoms with E-state index in [1.807, 2.05) is 18.2 Å². The minimum atomic E-state index is -0.367. The van der Waals surface area contributed by atoms with E-state index in [1.165, 1.54) is 12.8 Å². The van der Waals surface area contributed by atoms with Crippen LogP contribution in [0.15, 0.2) is 30.6 Å². The molecule has 3 heteroatoms. The van der Waals surface area contributed by atoms with Crippen molar-refractivity contribution in [1.29, 1.82) is 0 Å². The number of aliphatic hydroxyl groups excluding tert-OH is 1. The van der Waals surface area contributed by atoms with Crippen LogP contribution in [0.4, 0.5) is 0 Å². The lowest BCUT2D eigenvalue weighted by Gasteiger charge is -2.30. The Balaban J connectivity index is 1.86. The van der Waals surface area contributed by atoms with Gasteiger partial charge in [0.05, 0.1) is 17.1 Å². The van der Waals surface area contributed by atoms with Gasteiger partial charge in [-0.3, -0.25) is 9.97 Å². The maximum atomic E-state index is 10.6. The number of aliphatic hydroxyl groups is 1. The molecule has 1 saturated carbocycles. The molecule has 1 aromatic heterocycles. The van der Waals surface area contributed by atoms with Gasteiger partial charge in [-0.25, -0.2) is 0 Å². The molecule has 0 spiro atoms. The number of benzene rings is 1. The van der Waals surface area contributed by atoms with Crippen molar-refractivity contribution in [3.05, 3.63) is 36.2 Å². The number of aromatic nitrogens is 2. The van der Waals surface area contributed by atoms with Crippen LogP contribution in [0.2, 0.25) is 0 Å². The quantitative estimate of drug-likeness (QED) is 0.894. The van der Waals surface area contributed by atoms with Crippen molar-refractivity contribution in [3.63, 3.8) is 0 Å². The van der Waals surface area contributed by atoms with Crippen LogP contribution in [-0.4, -0.2) is 15.1 Å². The average Bonchev–Trinajstić information content (AvgIpc) is 2.46. The third kappa shape index (κ3) is 2.61. The number of hydrogen-bond acceptors (Lipinski definition) is 3. The molecule has 1 heterocycles. The molecule has 1 aliphatic carbocycles. The molecule has 1 aliphatic rings. The van der Waals surface area contributed by atoms with Crippen LogP contribution in [-0.2, 0) is 0 Å². The van der Waals surface area contributed by atoms with Crippen molar-refractivity contribution in [2.24, 2.45) is 11.8 Å². The fourth-order valence-electron chi connectivity index (χ4n) is 3.20. The first-order chi connectivity index (χ1) is 9.24. The van der Waals surface area contributed by atoms with Crippen LogP contribution in [0.25, 0.3) is 11.0 Å². The van der Waals surface area contributed by atoms with Crippen LogP contribution in [0, 0.1) is 11.8 Å². The molecule has 1 N–H and O–H groups in total. The minimum absolute atomic E-state index is 0.367. The molecule has 3 atom stereocenters. The number of hydrogen-bond donors (Lipinski definition) is 1. The van der Waals surface area contributed by atoms with Crippen LogP contribution in [0.3, 0.4) is 0 Å². The normalized spacial score (nSPS) is 25.4. The Bertz CT molecular complexity index is 569. The summed E-state index contributed by atoms with van der Waals surface area (Å²) in [7, 11) is 0. The maximum absolute atomic E-state index is 10.6. The van der Waals surface area contributed by atoms with Gasteiger partial charge in [-0.15, -0.1) is 0 Å². The van der Waals surface area contributed by atoms with Gasteiger partial charge in [0.2, 0.25) is 0 Å². The van der Waals surface area contributed by atoms with E-state index < -0.39 is 0 Å². The van der Waals surface area contributed by atoms with E-state index in [4.69, 9.17) is 0 Å². The predicted molar refractivity (Wildman–Crippen MR) is 75.6 cm³/mol. The number of rotatable bonds is 2. The van der Waals surface area contributed by atoms with Crippen LogP contribution in [0.5, 0.6) is 0 Å². The summed E-state index contributed by atoms with van der Waals surface area (Å²) >= 11 is 0. The number of nitrogens with zero attached hydrogens (tertiary/aromatic N) is 2. The third-order valence-electron chi connectivity index (χ3n) is 4.26. The molecular formula is C16H20N2O. The zero-order valence-electron chi connectivity index (χ0n) is 11.3. The highest BCUT2D eigenvalue weighted by molar-refractivity contribution is 5.74. The molecule has 2 aromatic rings. The van der Waals surface area contributed by atoms with Gasteiger partial charge in [-0.2, -0.15) is 0 Å². The molecular weight excluding hydrogens is 236 g/mol. The van der Waals surface area contributed by atoms with E-state index in [9.17, 15) is 5.11 Å². The second-order valence-corrected chi connectivity index (χ2v) is 5.78. The molecule has 0 aliphatic heterocycles. The lowest BCUT2D eigenvalue weighted by molar-refractivity contribution is 0.0715. The van der Waals surface area contributed by atoms with Gasteiger partial charge in [0.1, 0.15) is 0 Å². The Hall–Kier alpha value is -1.48. The first-order valence-electron chi connectivity index (χ1n) is 7.13. The molecule has 19 heavy (non-hydrogen) atoms. The molecule has 3 unspecified atom stereocenters. The van der Waals surface area contributed by atoms with Crippen molar-refractivity contribution in [2.45, 2.75) is 38.7 Å². The van der Waals surface area contributed by atoms with Gasteiger partial charge < -0.3 is 5.11 Å². The summed E-state index contributed by atoms with van der Waals surface area (Å²) in [5.41, 5.74) is 2.73. The summed E-state index contributed by atoms with van der Waals surface area (Å²) in [6, 6.07) is 5.92. The van der Waals surface area contributed by atoms with Gasteiger partial charge in [0.15, 0.2) is 0 Å². The fourth-order valence-corrected chi connectivity index (χ4v) is 3.20. The summed E-state index contributed by atoms with van der Waals surface area (Å²) in [5.74, 6) is 1.12. The first-order valence-corrected chi connectivity index (χ1v) is 7.13. The maximum Gasteiger partial charge on any atom is 0.0890 e. The summed E-state index contributed by atoms with van der Waals surface area (Å²) in [5, 5.41) is 10.6. The van der Waals surface area contributed by atoms with Crippen LogP contribution in [0.1, 0.15) is 44.3 Å². The zero-order chi connectivity index (χ0) is 13.2. The van der Waals surface area contributed by atoms with Crippen molar-refractivity contribution in [3.8, 4) is 0 Å². The van der Waals surface area contributed by atoms with Crippen molar-refractivity contribution < 1.29 is 5.11 Å². The molecule has 3 nitrogen and oxygen atoms in total.